The Kier molecular flexibility index (Phi) is 6.44. The second-order valence-corrected chi connectivity index (χ2v) is 6.33. The van der Waals surface area contributed by atoms with Gasteiger partial charge in [0.1, 0.15) is 10.7 Å². The van der Waals surface area contributed by atoms with Crippen LogP contribution in [0.5, 0.6) is 5.75 Å². The molecule has 2 rings (SSSR count). The number of alkyl halides is 2. The van der Waals surface area contributed by atoms with Crippen LogP contribution in [0, 0.1) is 6.92 Å². The predicted molar refractivity (Wildman–Crippen MR) is 98.8 cm³/mol. The molecule has 0 saturated carbocycles. The standard InChI is InChI=1S/C16H19F2N3OS2/c1-4-21(5-2)16-19-10(3)13(24-16)14(23)20-11-6-8-12(9-7-11)22-15(17)18/h6-9,15H,4-5H2,1-3H3,(H,20,23). The number of thiocarbonyl (C=S) groups is 1. The first-order valence-electron chi connectivity index (χ1n) is 7.53. The zero-order chi connectivity index (χ0) is 17.7. The van der Waals surface area contributed by atoms with E-state index in [9.17, 15) is 8.78 Å². The van der Waals surface area contributed by atoms with Crippen LogP contribution in [0.1, 0.15) is 24.4 Å². The summed E-state index contributed by atoms with van der Waals surface area (Å²) in [5, 5.41) is 4.05. The fourth-order valence-electron chi connectivity index (χ4n) is 2.13. The summed E-state index contributed by atoms with van der Waals surface area (Å²) >= 11 is 7.00. The minimum absolute atomic E-state index is 0.110. The maximum atomic E-state index is 12.2. The van der Waals surface area contributed by atoms with E-state index in [1.165, 1.54) is 12.1 Å². The molecule has 0 radical (unpaired) electrons. The van der Waals surface area contributed by atoms with Crippen molar-refractivity contribution in [1.29, 1.82) is 0 Å². The topological polar surface area (TPSA) is 37.4 Å². The van der Waals surface area contributed by atoms with Gasteiger partial charge in [0.15, 0.2) is 5.13 Å². The van der Waals surface area contributed by atoms with E-state index in [0.717, 1.165) is 28.8 Å². The SMILES string of the molecule is CCN(CC)c1nc(C)c(C(=S)Nc2ccc(OC(F)F)cc2)s1. The third kappa shape index (κ3) is 4.61. The van der Waals surface area contributed by atoms with Crippen molar-refractivity contribution in [2.24, 2.45) is 0 Å². The summed E-state index contributed by atoms with van der Waals surface area (Å²) in [4.78, 5) is 8.21. The highest BCUT2D eigenvalue weighted by Gasteiger charge is 2.15. The summed E-state index contributed by atoms with van der Waals surface area (Å²) in [6, 6.07) is 6.23. The molecule has 0 unspecified atom stereocenters. The lowest BCUT2D eigenvalue weighted by Gasteiger charge is -2.16. The molecular formula is C16H19F2N3OS2. The van der Waals surface area contributed by atoms with Crippen molar-refractivity contribution >= 4 is 39.4 Å². The largest absolute Gasteiger partial charge is 0.435 e. The Balaban J connectivity index is 2.09. The molecule has 0 amide bonds. The van der Waals surface area contributed by atoms with E-state index >= 15 is 0 Å². The molecule has 1 aromatic carbocycles. The number of hydrogen-bond donors (Lipinski definition) is 1. The smallest absolute Gasteiger partial charge is 0.387 e. The molecular weight excluding hydrogens is 352 g/mol. The number of aromatic nitrogens is 1. The molecule has 1 aromatic heterocycles. The lowest BCUT2D eigenvalue weighted by atomic mass is 10.3. The van der Waals surface area contributed by atoms with Crippen LogP contribution in [0.25, 0.3) is 0 Å². The number of nitrogens with zero attached hydrogens (tertiary/aromatic N) is 2. The first-order chi connectivity index (χ1) is 11.4. The first-order valence-corrected chi connectivity index (χ1v) is 8.75. The van der Waals surface area contributed by atoms with E-state index in [1.807, 2.05) is 6.92 Å². The van der Waals surface area contributed by atoms with Gasteiger partial charge in [-0.05, 0) is 45.0 Å². The normalized spacial score (nSPS) is 10.8. The molecule has 0 bridgehead atoms. The van der Waals surface area contributed by atoms with Gasteiger partial charge in [0.25, 0.3) is 0 Å². The van der Waals surface area contributed by atoms with Crippen LogP contribution in [-0.4, -0.2) is 29.7 Å². The minimum Gasteiger partial charge on any atom is -0.435 e. The monoisotopic (exact) mass is 371 g/mol. The van der Waals surface area contributed by atoms with E-state index in [0.29, 0.717) is 10.7 Å². The van der Waals surface area contributed by atoms with E-state index in [-0.39, 0.29) is 5.75 Å². The fourth-order valence-corrected chi connectivity index (χ4v) is 3.61. The lowest BCUT2D eigenvalue weighted by Crippen LogP contribution is -2.21. The lowest BCUT2D eigenvalue weighted by molar-refractivity contribution is -0.0498. The Morgan fingerprint density at radius 3 is 2.46 bits per heavy atom. The van der Waals surface area contributed by atoms with Crippen LogP contribution in [0.4, 0.5) is 19.6 Å². The van der Waals surface area contributed by atoms with Crippen molar-refractivity contribution in [3.63, 3.8) is 0 Å². The highest BCUT2D eigenvalue weighted by Crippen LogP contribution is 2.27. The molecule has 4 nitrogen and oxygen atoms in total. The van der Waals surface area contributed by atoms with Crippen molar-refractivity contribution in [2.75, 3.05) is 23.3 Å². The number of rotatable bonds is 7. The molecule has 130 valence electrons. The molecule has 0 fully saturated rings. The van der Waals surface area contributed by atoms with Gasteiger partial charge in [-0.3, -0.25) is 0 Å². The first kappa shape index (κ1) is 18.5. The van der Waals surface area contributed by atoms with Crippen LogP contribution in [-0.2, 0) is 0 Å². The van der Waals surface area contributed by atoms with Gasteiger partial charge < -0.3 is 15.0 Å². The molecule has 24 heavy (non-hydrogen) atoms. The van der Waals surface area contributed by atoms with Crippen molar-refractivity contribution in [3.8, 4) is 5.75 Å². The van der Waals surface area contributed by atoms with Crippen molar-refractivity contribution in [2.45, 2.75) is 27.4 Å². The minimum atomic E-state index is -2.83. The number of aryl methyl sites for hydroxylation is 1. The maximum Gasteiger partial charge on any atom is 0.387 e. The molecule has 0 saturated heterocycles. The highest BCUT2D eigenvalue weighted by molar-refractivity contribution is 7.81. The van der Waals surface area contributed by atoms with E-state index in [4.69, 9.17) is 12.2 Å². The van der Waals surface area contributed by atoms with Crippen LogP contribution in [0.2, 0.25) is 0 Å². The maximum absolute atomic E-state index is 12.2. The number of ether oxygens (including phenoxy) is 1. The van der Waals surface area contributed by atoms with Gasteiger partial charge in [-0.25, -0.2) is 4.98 Å². The molecule has 0 aliphatic carbocycles. The second-order valence-electron chi connectivity index (χ2n) is 4.94. The Labute approximate surface area is 149 Å². The summed E-state index contributed by atoms with van der Waals surface area (Å²) in [5.74, 6) is 0.110. The quantitative estimate of drug-likeness (QED) is 0.715. The van der Waals surface area contributed by atoms with E-state index in [2.05, 4.69) is 33.8 Å². The van der Waals surface area contributed by atoms with Crippen molar-refractivity contribution in [3.05, 3.63) is 34.8 Å². The summed E-state index contributed by atoms with van der Waals surface area (Å²) in [5.41, 5.74) is 1.58. The Morgan fingerprint density at radius 1 is 1.29 bits per heavy atom. The fraction of sp³-hybridized carbons (Fsp3) is 0.375. The highest BCUT2D eigenvalue weighted by atomic mass is 32.1. The summed E-state index contributed by atoms with van der Waals surface area (Å²) in [7, 11) is 0. The summed E-state index contributed by atoms with van der Waals surface area (Å²) in [6.45, 7) is 5.03. The third-order valence-corrected chi connectivity index (χ3v) is 5.03. The zero-order valence-corrected chi connectivity index (χ0v) is 15.3. The third-order valence-electron chi connectivity index (χ3n) is 3.36. The van der Waals surface area contributed by atoms with Crippen molar-refractivity contribution in [1.82, 2.24) is 4.98 Å². The van der Waals surface area contributed by atoms with Crippen LogP contribution >= 0.6 is 23.6 Å². The average Bonchev–Trinajstić information content (AvgIpc) is 2.92. The van der Waals surface area contributed by atoms with Gasteiger partial charge in [0.05, 0.1) is 10.6 Å². The number of anilines is 2. The number of hydrogen-bond acceptors (Lipinski definition) is 5. The summed E-state index contributed by atoms with van der Waals surface area (Å²) in [6.07, 6.45) is 0. The van der Waals surface area contributed by atoms with Crippen molar-refractivity contribution < 1.29 is 13.5 Å². The van der Waals surface area contributed by atoms with Gasteiger partial charge in [-0.2, -0.15) is 8.78 Å². The number of thiazole rings is 1. The van der Waals surface area contributed by atoms with Gasteiger partial charge in [-0.1, -0.05) is 23.6 Å². The molecule has 0 spiro atoms. The van der Waals surface area contributed by atoms with E-state index in [1.54, 1.807) is 23.5 Å². The Bertz CT molecular complexity index is 685. The second kappa shape index (κ2) is 8.34. The summed E-state index contributed by atoms with van der Waals surface area (Å²) < 4.78 is 28.6. The Morgan fingerprint density at radius 2 is 1.92 bits per heavy atom. The van der Waals surface area contributed by atoms with Gasteiger partial charge in [-0.15, -0.1) is 0 Å². The molecule has 1 heterocycles. The zero-order valence-electron chi connectivity index (χ0n) is 13.7. The van der Waals surface area contributed by atoms with Gasteiger partial charge in [0, 0.05) is 18.8 Å². The van der Waals surface area contributed by atoms with Crippen LogP contribution in [0.15, 0.2) is 24.3 Å². The molecule has 1 N–H and O–H groups in total. The molecule has 0 aliphatic rings. The average molecular weight is 371 g/mol. The number of benzene rings is 1. The predicted octanol–water partition coefficient (Wildman–Crippen LogP) is 4.69. The molecule has 2 aromatic rings. The Hall–Kier alpha value is -1.80. The number of halogens is 2. The van der Waals surface area contributed by atoms with Crippen LogP contribution in [0.3, 0.4) is 0 Å². The van der Waals surface area contributed by atoms with E-state index < -0.39 is 6.61 Å². The number of nitrogens with one attached hydrogen (secondary N) is 1. The molecule has 8 heteroatoms. The molecule has 0 aliphatic heterocycles. The van der Waals surface area contributed by atoms with Gasteiger partial charge in [0.2, 0.25) is 0 Å². The molecule has 0 atom stereocenters. The van der Waals surface area contributed by atoms with Gasteiger partial charge >= 0.3 is 6.61 Å². The van der Waals surface area contributed by atoms with Crippen LogP contribution < -0.4 is 15.0 Å².